The summed E-state index contributed by atoms with van der Waals surface area (Å²) in [6.07, 6.45) is 11.9. The van der Waals surface area contributed by atoms with Crippen LogP contribution < -0.4 is 0 Å². The van der Waals surface area contributed by atoms with E-state index < -0.39 is 0 Å². The first-order chi connectivity index (χ1) is 6.36. The fourth-order valence-electron chi connectivity index (χ4n) is 2.20. The number of hydrogen-bond acceptors (Lipinski definition) is 1. The van der Waals surface area contributed by atoms with Crippen molar-refractivity contribution in [2.75, 3.05) is 0 Å². The zero-order valence-corrected chi connectivity index (χ0v) is 8.29. The Bertz CT molecular complexity index is 259. The van der Waals surface area contributed by atoms with E-state index in [0.29, 0.717) is 0 Å². The summed E-state index contributed by atoms with van der Waals surface area (Å²) < 4.78 is 2.21. The third-order valence-corrected chi connectivity index (χ3v) is 3.11. The van der Waals surface area contributed by atoms with Crippen LogP contribution in [-0.4, -0.2) is 9.55 Å². The molecule has 0 aromatic carbocycles. The first kappa shape index (κ1) is 8.79. The largest absolute Gasteiger partial charge is 0.334 e. The van der Waals surface area contributed by atoms with Gasteiger partial charge in [0.1, 0.15) is 12.0 Å². The molecule has 0 unspecified atom stereocenters. The van der Waals surface area contributed by atoms with Crippen LogP contribution >= 0.6 is 0 Å². The van der Waals surface area contributed by atoms with E-state index in [0.717, 1.165) is 18.3 Å². The monoisotopic (exact) mass is 177 g/mol. The van der Waals surface area contributed by atoms with Gasteiger partial charge in [0.25, 0.3) is 0 Å². The highest BCUT2D eigenvalue weighted by Crippen LogP contribution is 2.27. The molecule has 2 rings (SSSR count). The third-order valence-electron chi connectivity index (χ3n) is 3.11. The number of aryl methyl sites for hydroxylation is 2. The Hall–Kier alpha value is -0.790. The van der Waals surface area contributed by atoms with Gasteiger partial charge in [-0.1, -0.05) is 25.7 Å². The molecule has 2 nitrogen and oxygen atoms in total. The molecule has 0 N–H and O–H groups in total. The first-order valence-electron chi connectivity index (χ1n) is 5.26. The van der Waals surface area contributed by atoms with E-state index in [2.05, 4.69) is 15.7 Å². The van der Waals surface area contributed by atoms with Crippen molar-refractivity contribution in [2.45, 2.75) is 45.6 Å². The minimum atomic E-state index is 0.974. The Morgan fingerprint density at radius 1 is 1.54 bits per heavy atom. The molecule has 0 amide bonds. The highest BCUT2D eigenvalue weighted by atomic mass is 15.0. The lowest BCUT2D eigenvalue weighted by Crippen LogP contribution is -2.04. The van der Waals surface area contributed by atoms with Crippen molar-refractivity contribution in [3.8, 4) is 0 Å². The lowest BCUT2D eigenvalue weighted by molar-refractivity contribution is 0.454. The molecule has 0 aliphatic heterocycles. The quantitative estimate of drug-likeness (QED) is 0.694. The zero-order valence-electron chi connectivity index (χ0n) is 8.29. The van der Waals surface area contributed by atoms with Gasteiger partial charge >= 0.3 is 0 Å². The number of hydrogen-bond donors (Lipinski definition) is 0. The second kappa shape index (κ2) is 3.95. The average Bonchev–Trinajstić information content (AvgIpc) is 2.72. The Balaban J connectivity index is 1.82. The van der Waals surface area contributed by atoms with Crippen molar-refractivity contribution in [3.63, 3.8) is 0 Å². The fraction of sp³-hybridized carbons (Fsp3) is 0.727. The van der Waals surface area contributed by atoms with E-state index in [1.807, 2.05) is 13.1 Å². The Kier molecular flexibility index (Phi) is 2.67. The van der Waals surface area contributed by atoms with Crippen LogP contribution in [0.4, 0.5) is 0 Å². The van der Waals surface area contributed by atoms with E-state index in [1.54, 1.807) is 0 Å². The standard InChI is InChI=1S/C11H17N2/c1-10-12-7-9-13(10)8-6-11-4-2-3-5-11/h9,11H,2-6,8H2,1H3. The van der Waals surface area contributed by atoms with Crippen LogP contribution in [0.3, 0.4) is 0 Å². The van der Waals surface area contributed by atoms with Crippen molar-refractivity contribution in [3.05, 3.63) is 18.2 Å². The molecular formula is C11H17N2. The molecule has 71 valence electrons. The molecule has 13 heavy (non-hydrogen) atoms. The number of imidazole rings is 1. The summed E-state index contributed by atoms with van der Waals surface area (Å²) in [5.41, 5.74) is 0. The van der Waals surface area contributed by atoms with Gasteiger partial charge in [-0.15, -0.1) is 0 Å². The summed E-state index contributed by atoms with van der Waals surface area (Å²) in [4.78, 5) is 4.10. The van der Waals surface area contributed by atoms with Crippen molar-refractivity contribution in [1.82, 2.24) is 9.55 Å². The summed E-state index contributed by atoms with van der Waals surface area (Å²) in [5, 5.41) is 0. The van der Waals surface area contributed by atoms with Gasteiger partial charge in [-0.05, 0) is 19.3 Å². The number of nitrogens with zero attached hydrogens (tertiary/aromatic N) is 2. The van der Waals surface area contributed by atoms with Gasteiger partial charge in [0.15, 0.2) is 0 Å². The van der Waals surface area contributed by atoms with Gasteiger partial charge in [0, 0.05) is 12.7 Å². The molecule has 1 aromatic rings. The van der Waals surface area contributed by atoms with Crippen LogP contribution in [0.25, 0.3) is 0 Å². The van der Waals surface area contributed by atoms with E-state index in [-0.39, 0.29) is 0 Å². The molecular weight excluding hydrogens is 160 g/mol. The minimum absolute atomic E-state index is 0.974. The van der Waals surface area contributed by atoms with Crippen LogP contribution in [0.5, 0.6) is 0 Å². The van der Waals surface area contributed by atoms with E-state index in [4.69, 9.17) is 0 Å². The fourth-order valence-corrected chi connectivity index (χ4v) is 2.20. The number of aromatic nitrogens is 2. The normalized spacial score (nSPS) is 18.2. The van der Waals surface area contributed by atoms with Gasteiger partial charge < -0.3 is 4.57 Å². The summed E-state index contributed by atoms with van der Waals surface area (Å²) >= 11 is 0. The molecule has 0 saturated heterocycles. The molecule has 1 aliphatic rings. The lowest BCUT2D eigenvalue weighted by Gasteiger charge is -2.09. The predicted molar refractivity (Wildman–Crippen MR) is 52.4 cm³/mol. The molecule has 1 saturated carbocycles. The third kappa shape index (κ3) is 2.11. The molecule has 1 fully saturated rings. The van der Waals surface area contributed by atoms with Gasteiger partial charge in [-0.25, -0.2) is 4.98 Å². The molecule has 1 radical (unpaired) electrons. The number of rotatable bonds is 3. The van der Waals surface area contributed by atoms with Gasteiger partial charge in [0.2, 0.25) is 0 Å². The molecule has 1 heterocycles. The molecule has 0 bridgehead atoms. The molecule has 1 aromatic heterocycles. The summed E-state index contributed by atoms with van der Waals surface area (Å²) in [5.74, 6) is 2.07. The first-order valence-corrected chi connectivity index (χ1v) is 5.26. The maximum Gasteiger partial charge on any atom is 0.109 e. The Labute approximate surface area is 80.0 Å². The average molecular weight is 177 g/mol. The molecule has 0 spiro atoms. The predicted octanol–water partition coefficient (Wildman–Crippen LogP) is 2.57. The Morgan fingerprint density at radius 3 is 2.92 bits per heavy atom. The minimum Gasteiger partial charge on any atom is -0.334 e. The lowest BCUT2D eigenvalue weighted by atomic mass is 10.0. The molecule has 2 heteroatoms. The molecule has 0 atom stereocenters. The zero-order chi connectivity index (χ0) is 9.10. The SMILES string of the molecule is Cc1n[c]cn1CCC1CCCC1. The maximum absolute atomic E-state index is 4.10. The highest BCUT2D eigenvalue weighted by Gasteiger charge is 2.14. The van der Waals surface area contributed by atoms with E-state index in [9.17, 15) is 0 Å². The smallest absolute Gasteiger partial charge is 0.109 e. The topological polar surface area (TPSA) is 17.8 Å². The van der Waals surface area contributed by atoms with E-state index in [1.165, 1.54) is 32.1 Å². The van der Waals surface area contributed by atoms with Gasteiger partial charge in [-0.3, -0.25) is 0 Å². The maximum atomic E-state index is 4.10. The van der Waals surface area contributed by atoms with Crippen LogP contribution in [0.1, 0.15) is 37.9 Å². The Morgan fingerprint density at radius 2 is 2.31 bits per heavy atom. The summed E-state index contributed by atoms with van der Waals surface area (Å²) in [7, 11) is 0. The summed E-state index contributed by atoms with van der Waals surface area (Å²) in [6, 6.07) is 0. The highest BCUT2D eigenvalue weighted by molar-refractivity contribution is 4.87. The van der Waals surface area contributed by atoms with Gasteiger partial charge in [0.05, 0.1) is 0 Å². The van der Waals surface area contributed by atoms with Crippen molar-refractivity contribution < 1.29 is 0 Å². The van der Waals surface area contributed by atoms with Gasteiger partial charge in [-0.2, -0.15) is 0 Å². The second-order valence-electron chi connectivity index (χ2n) is 4.05. The van der Waals surface area contributed by atoms with Crippen LogP contribution in [0, 0.1) is 19.0 Å². The second-order valence-corrected chi connectivity index (χ2v) is 4.05. The van der Waals surface area contributed by atoms with Crippen LogP contribution in [0.2, 0.25) is 0 Å². The van der Waals surface area contributed by atoms with Crippen molar-refractivity contribution >= 4 is 0 Å². The van der Waals surface area contributed by atoms with Crippen LogP contribution in [-0.2, 0) is 6.54 Å². The van der Waals surface area contributed by atoms with Crippen LogP contribution in [0.15, 0.2) is 6.20 Å². The van der Waals surface area contributed by atoms with Crippen molar-refractivity contribution in [1.29, 1.82) is 0 Å². The van der Waals surface area contributed by atoms with Crippen molar-refractivity contribution in [2.24, 2.45) is 5.92 Å². The molecule has 1 aliphatic carbocycles. The summed E-state index contributed by atoms with van der Waals surface area (Å²) in [6.45, 7) is 3.18. The van der Waals surface area contributed by atoms with E-state index >= 15 is 0 Å².